The Kier molecular flexibility index (Phi) is 9.17. The summed E-state index contributed by atoms with van der Waals surface area (Å²) in [5, 5.41) is 17.8. The van der Waals surface area contributed by atoms with Gasteiger partial charge in [0, 0.05) is 38.4 Å². The average Bonchev–Trinajstić information content (AvgIpc) is 2.85. The van der Waals surface area contributed by atoms with Crippen LogP contribution >= 0.6 is 0 Å². The summed E-state index contributed by atoms with van der Waals surface area (Å²) in [6.45, 7) is 2.76. The van der Waals surface area contributed by atoms with Gasteiger partial charge in [-0.3, -0.25) is 19.4 Å². The molecule has 2 atom stereocenters. The van der Waals surface area contributed by atoms with Crippen molar-refractivity contribution in [2.45, 2.75) is 44.6 Å². The van der Waals surface area contributed by atoms with Gasteiger partial charge in [0.25, 0.3) is 5.91 Å². The minimum atomic E-state index is -1.27. The fourth-order valence-electron chi connectivity index (χ4n) is 4.36. The van der Waals surface area contributed by atoms with Gasteiger partial charge in [0.15, 0.2) is 0 Å². The van der Waals surface area contributed by atoms with E-state index in [4.69, 9.17) is 0 Å². The Morgan fingerprint density at radius 3 is 2.70 bits per heavy atom. The number of piperidine rings is 2. The highest BCUT2D eigenvalue weighted by Gasteiger charge is 2.30. The van der Waals surface area contributed by atoms with Gasteiger partial charge in [-0.1, -0.05) is 0 Å². The molecule has 4 N–H and O–H groups in total. The Labute approximate surface area is 193 Å². The van der Waals surface area contributed by atoms with Crippen molar-refractivity contribution < 1.29 is 24.3 Å². The Bertz CT molecular complexity index is 828. The Morgan fingerprint density at radius 1 is 1.21 bits per heavy atom. The van der Waals surface area contributed by atoms with Crippen LogP contribution in [0, 0.1) is 11.8 Å². The van der Waals surface area contributed by atoms with E-state index in [2.05, 4.69) is 20.9 Å². The lowest BCUT2D eigenvalue weighted by Crippen LogP contribution is -2.51. The molecule has 2 saturated heterocycles. The van der Waals surface area contributed by atoms with Gasteiger partial charge in [0.1, 0.15) is 6.04 Å². The average molecular weight is 460 g/mol. The van der Waals surface area contributed by atoms with Crippen LogP contribution in [0.25, 0.3) is 0 Å². The van der Waals surface area contributed by atoms with E-state index in [-0.39, 0.29) is 29.8 Å². The molecule has 180 valence electrons. The molecular formula is C23H33N5O5. The summed E-state index contributed by atoms with van der Waals surface area (Å²) in [5.41, 5.74) is 0.237. The van der Waals surface area contributed by atoms with Gasteiger partial charge in [0.05, 0.1) is 11.5 Å². The van der Waals surface area contributed by atoms with Crippen LogP contribution in [0.4, 0.5) is 0 Å². The number of hydrogen-bond donors (Lipinski definition) is 4. The van der Waals surface area contributed by atoms with Crippen molar-refractivity contribution in [3.8, 4) is 0 Å². The lowest BCUT2D eigenvalue weighted by atomic mass is 9.92. The highest BCUT2D eigenvalue weighted by atomic mass is 16.4. The molecule has 3 rings (SSSR count). The van der Waals surface area contributed by atoms with E-state index < -0.39 is 17.9 Å². The first-order valence-electron chi connectivity index (χ1n) is 11.6. The molecule has 1 aromatic rings. The maximum atomic E-state index is 12.7. The first-order chi connectivity index (χ1) is 15.9. The van der Waals surface area contributed by atoms with E-state index in [0.717, 1.165) is 38.8 Å². The molecule has 0 aromatic carbocycles. The quantitative estimate of drug-likeness (QED) is 0.419. The number of amides is 3. The van der Waals surface area contributed by atoms with Crippen LogP contribution in [0.3, 0.4) is 0 Å². The second kappa shape index (κ2) is 12.3. The standard InChI is InChI=1S/C23H33N5O5/c29-20(6-5-16-7-10-24-11-8-16)28-12-2-4-18(15-28)21(30)26-14-19(23(32)33)27-22(31)17-3-1-9-25-13-17/h1,3,9,13,16,18-19,24H,2,4-8,10-12,14-15H2,(H,26,30)(H,27,31)(H,32,33)/t18-,19+/m1/s1. The molecule has 0 aliphatic carbocycles. The van der Waals surface area contributed by atoms with Gasteiger partial charge >= 0.3 is 5.97 Å². The second-order valence-electron chi connectivity index (χ2n) is 8.76. The number of pyridine rings is 1. The molecule has 0 spiro atoms. The highest BCUT2D eigenvalue weighted by Crippen LogP contribution is 2.21. The maximum Gasteiger partial charge on any atom is 0.328 e. The summed E-state index contributed by atoms with van der Waals surface area (Å²) in [6.07, 6.45) is 7.80. The maximum absolute atomic E-state index is 12.7. The number of carbonyl (C=O) groups is 4. The van der Waals surface area contributed by atoms with Crippen molar-refractivity contribution in [2.75, 3.05) is 32.7 Å². The first kappa shape index (κ1) is 24.6. The molecule has 3 heterocycles. The lowest BCUT2D eigenvalue weighted by molar-refractivity contribution is -0.139. The molecule has 0 bridgehead atoms. The number of aromatic nitrogens is 1. The normalized spacial score (nSPS) is 20.0. The summed E-state index contributed by atoms with van der Waals surface area (Å²) in [6, 6.07) is 1.83. The lowest BCUT2D eigenvalue weighted by Gasteiger charge is -2.33. The molecule has 0 unspecified atom stereocenters. The smallest absolute Gasteiger partial charge is 0.328 e. The summed E-state index contributed by atoms with van der Waals surface area (Å²) >= 11 is 0. The summed E-state index contributed by atoms with van der Waals surface area (Å²) in [5.74, 6) is -1.84. The van der Waals surface area contributed by atoms with Crippen LogP contribution in [0.2, 0.25) is 0 Å². The number of hydrogen-bond acceptors (Lipinski definition) is 6. The molecular weight excluding hydrogens is 426 g/mol. The van der Waals surface area contributed by atoms with Gasteiger partial charge in [0.2, 0.25) is 11.8 Å². The van der Waals surface area contributed by atoms with Crippen molar-refractivity contribution in [1.82, 2.24) is 25.8 Å². The Balaban J connectivity index is 1.45. The topological polar surface area (TPSA) is 141 Å². The van der Waals surface area contributed by atoms with E-state index in [9.17, 15) is 24.3 Å². The van der Waals surface area contributed by atoms with Crippen molar-refractivity contribution in [2.24, 2.45) is 11.8 Å². The molecule has 2 fully saturated rings. The zero-order chi connectivity index (χ0) is 23.6. The van der Waals surface area contributed by atoms with Crippen molar-refractivity contribution >= 4 is 23.7 Å². The Hall–Kier alpha value is -3.01. The molecule has 1 aromatic heterocycles. The zero-order valence-corrected chi connectivity index (χ0v) is 18.8. The number of rotatable bonds is 9. The fraction of sp³-hybridized carbons (Fsp3) is 0.609. The Morgan fingerprint density at radius 2 is 2.00 bits per heavy atom. The molecule has 33 heavy (non-hydrogen) atoms. The molecule has 0 radical (unpaired) electrons. The first-order valence-corrected chi connectivity index (χ1v) is 11.6. The van der Waals surface area contributed by atoms with Crippen LogP contribution in [-0.4, -0.2) is 77.4 Å². The van der Waals surface area contributed by atoms with Crippen LogP contribution < -0.4 is 16.0 Å². The van der Waals surface area contributed by atoms with Crippen LogP contribution in [0.5, 0.6) is 0 Å². The SMILES string of the molecule is O=C(N[C@@H](CNC(=O)[C@@H]1CCCN(C(=O)CCC2CCNCC2)C1)C(=O)O)c1cccnc1. The minimum Gasteiger partial charge on any atom is -0.480 e. The third-order valence-electron chi connectivity index (χ3n) is 6.38. The van der Waals surface area contributed by atoms with Gasteiger partial charge in [-0.15, -0.1) is 0 Å². The number of aliphatic carboxylic acids is 1. The largest absolute Gasteiger partial charge is 0.480 e. The molecule has 2 aliphatic rings. The van der Waals surface area contributed by atoms with Crippen LogP contribution in [0.1, 0.15) is 48.9 Å². The van der Waals surface area contributed by atoms with Gasteiger partial charge in [-0.25, -0.2) is 4.79 Å². The van der Waals surface area contributed by atoms with Crippen LogP contribution in [-0.2, 0) is 14.4 Å². The molecule has 3 amide bonds. The fourth-order valence-corrected chi connectivity index (χ4v) is 4.36. The number of carbonyl (C=O) groups excluding carboxylic acids is 3. The van der Waals surface area contributed by atoms with E-state index >= 15 is 0 Å². The number of likely N-dealkylation sites (tertiary alicyclic amines) is 1. The van der Waals surface area contributed by atoms with Gasteiger partial charge in [-0.05, 0) is 63.2 Å². The summed E-state index contributed by atoms with van der Waals surface area (Å²) in [7, 11) is 0. The summed E-state index contributed by atoms with van der Waals surface area (Å²) in [4.78, 5) is 54.7. The van der Waals surface area contributed by atoms with E-state index in [1.54, 1.807) is 11.0 Å². The van der Waals surface area contributed by atoms with E-state index in [0.29, 0.717) is 31.8 Å². The molecule has 10 nitrogen and oxygen atoms in total. The molecule has 10 heteroatoms. The third-order valence-corrected chi connectivity index (χ3v) is 6.38. The predicted molar refractivity (Wildman–Crippen MR) is 120 cm³/mol. The predicted octanol–water partition coefficient (Wildman–Crippen LogP) is 0.399. The molecule has 2 aliphatic heterocycles. The second-order valence-corrected chi connectivity index (χ2v) is 8.76. The zero-order valence-electron chi connectivity index (χ0n) is 18.8. The van der Waals surface area contributed by atoms with E-state index in [1.807, 2.05) is 0 Å². The monoisotopic (exact) mass is 459 g/mol. The number of carboxylic acid groups (broad SMARTS) is 1. The van der Waals surface area contributed by atoms with E-state index in [1.165, 1.54) is 18.5 Å². The van der Waals surface area contributed by atoms with Gasteiger partial charge in [-0.2, -0.15) is 0 Å². The minimum absolute atomic E-state index is 0.0816. The third kappa shape index (κ3) is 7.52. The van der Waals surface area contributed by atoms with Crippen LogP contribution in [0.15, 0.2) is 24.5 Å². The number of nitrogens with zero attached hydrogens (tertiary/aromatic N) is 2. The van der Waals surface area contributed by atoms with Crippen molar-refractivity contribution in [3.05, 3.63) is 30.1 Å². The van der Waals surface area contributed by atoms with Gasteiger partial charge < -0.3 is 26.0 Å². The highest BCUT2D eigenvalue weighted by molar-refractivity contribution is 5.96. The number of nitrogens with one attached hydrogen (secondary N) is 3. The summed E-state index contributed by atoms with van der Waals surface area (Å²) < 4.78 is 0. The van der Waals surface area contributed by atoms with Crippen molar-refractivity contribution in [3.63, 3.8) is 0 Å². The molecule has 0 saturated carbocycles. The van der Waals surface area contributed by atoms with Crippen molar-refractivity contribution in [1.29, 1.82) is 0 Å². The number of carboxylic acids is 1.